The van der Waals surface area contributed by atoms with Crippen molar-refractivity contribution >= 4 is 54.2 Å². The molecule has 0 heterocycles. The fourth-order valence-corrected chi connectivity index (χ4v) is 2.71. The molecule has 0 aromatic heterocycles. The zero-order valence-corrected chi connectivity index (χ0v) is 13.1. The second-order valence-electron chi connectivity index (χ2n) is 2.94. The molecule has 0 radical (unpaired) electrons. The molecule has 0 bridgehead atoms. The molecular weight excluding hydrogens is 345 g/mol. The van der Waals surface area contributed by atoms with Crippen LogP contribution < -0.4 is 4.52 Å². The maximum atomic E-state index is 12.0. The van der Waals surface area contributed by atoms with Crippen LogP contribution in [0.25, 0.3) is 0 Å². The molecule has 1 aromatic rings. The zero-order chi connectivity index (χ0) is 13.8. The van der Waals surface area contributed by atoms with Gasteiger partial charge in [-0.1, -0.05) is 34.8 Å². The van der Waals surface area contributed by atoms with Gasteiger partial charge in [-0.05, 0) is 6.07 Å². The summed E-state index contributed by atoms with van der Waals surface area (Å²) in [4.78, 5) is 0. The van der Waals surface area contributed by atoms with E-state index in [-0.39, 0.29) is 33.3 Å². The summed E-state index contributed by atoms with van der Waals surface area (Å²) in [7, 11) is -2.59. The molecule has 0 saturated heterocycles. The number of halogens is 4. The van der Waals surface area contributed by atoms with Gasteiger partial charge in [-0.3, -0.25) is 9.05 Å². The molecule has 9 heteroatoms. The number of benzene rings is 1. The lowest BCUT2D eigenvalue weighted by Gasteiger charge is -2.17. The first-order valence-corrected chi connectivity index (χ1v) is 7.75. The van der Waals surface area contributed by atoms with Crippen molar-refractivity contribution in [2.75, 3.05) is 19.6 Å². The summed E-state index contributed by atoms with van der Waals surface area (Å²) in [6, 6.07) is 2.68. The molecular formula is C9H9Cl4O4P. The largest absolute Gasteiger partial charge is 0.529 e. The standard InChI is InChI=1S/C9H9Cl4O4P/c1-15-18(14,16-3-2-10)17-9-5-7(12)6(11)4-8(9)13/h4-5H,2-3H2,1H3. The highest BCUT2D eigenvalue weighted by Crippen LogP contribution is 2.51. The second kappa shape index (κ2) is 7.20. The van der Waals surface area contributed by atoms with Gasteiger partial charge in [-0.2, -0.15) is 0 Å². The minimum Gasteiger partial charge on any atom is -0.402 e. The maximum absolute atomic E-state index is 12.0. The topological polar surface area (TPSA) is 44.8 Å². The van der Waals surface area contributed by atoms with Gasteiger partial charge >= 0.3 is 7.82 Å². The molecule has 1 atom stereocenters. The van der Waals surface area contributed by atoms with Crippen LogP contribution in [-0.4, -0.2) is 19.6 Å². The van der Waals surface area contributed by atoms with Crippen molar-refractivity contribution in [2.45, 2.75) is 0 Å². The summed E-state index contributed by atoms with van der Waals surface area (Å²) in [6.45, 7) is 0.00557. The number of phosphoric acid groups is 1. The lowest BCUT2D eigenvalue weighted by Crippen LogP contribution is -2.02. The molecule has 1 rings (SSSR count). The van der Waals surface area contributed by atoms with Crippen LogP contribution in [0.1, 0.15) is 0 Å². The van der Waals surface area contributed by atoms with Crippen LogP contribution in [0.3, 0.4) is 0 Å². The number of hydrogen-bond donors (Lipinski definition) is 0. The van der Waals surface area contributed by atoms with E-state index in [0.717, 1.165) is 0 Å². The molecule has 0 aliphatic rings. The Morgan fingerprint density at radius 3 is 2.33 bits per heavy atom. The molecule has 0 N–H and O–H groups in total. The first-order valence-electron chi connectivity index (χ1n) is 4.62. The van der Waals surface area contributed by atoms with Gasteiger partial charge in [0, 0.05) is 19.1 Å². The lowest BCUT2D eigenvalue weighted by molar-refractivity contribution is 0.188. The van der Waals surface area contributed by atoms with Crippen LogP contribution in [0.5, 0.6) is 5.75 Å². The molecule has 18 heavy (non-hydrogen) atoms. The van der Waals surface area contributed by atoms with Crippen molar-refractivity contribution in [1.82, 2.24) is 0 Å². The summed E-state index contributed by atoms with van der Waals surface area (Å²) >= 11 is 22.8. The quantitative estimate of drug-likeness (QED) is 0.408. The van der Waals surface area contributed by atoms with Crippen molar-refractivity contribution in [2.24, 2.45) is 0 Å². The van der Waals surface area contributed by atoms with E-state index in [1.807, 2.05) is 0 Å². The number of rotatable bonds is 6. The zero-order valence-electron chi connectivity index (χ0n) is 9.16. The first kappa shape index (κ1) is 16.4. The first-order chi connectivity index (χ1) is 8.41. The Labute approximate surface area is 125 Å². The van der Waals surface area contributed by atoms with Crippen molar-refractivity contribution in [1.29, 1.82) is 0 Å². The minimum atomic E-state index is -3.77. The van der Waals surface area contributed by atoms with Gasteiger partial charge in [0.25, 0.3) is 0 Å². The Morgan fingerprint density at radius 2 is 1.78 bits per heavy atom. The van der Waals surface area contributed by atoms with Crippen LogP contribution in [0.4, 0.5) is 0 Å². The average Bonchev–Trinajstić information content (AvgIpc) is 2.33. The van der Waals surface area contributed by atoms with Gasteiger partial charge in [-0.15, -0.1) is 11.6 Å². The Hall–Kier alpha value is 0.330. The highest BCUT2D eigenvalue weighted by Gasteiger charge is 2.28. The van der Waals surface area contributed by atoms with E-state index in [9.17, 15) is 4.57 Å². The fourth-order valence-electron chi connectivity index (χ4n) is 0.957. The smallest absolute Gasteiger partial charge is 0.402 e. The van der Waals surface area contributed by atoms with Crippen LogP contribution in [0, 0.1) is 0 Å². The molecule has 0 spiro atoms. The molecule has 1 unspecified atom stereocenters. The van der Waals surface area contributed by atoms with Gasteiger partial charge in [0.1, 0.15) is 0 Å². The monoisotopic (exact) mass is 352 g/mol. The lowest BCUT2D eigenvalue weighted by atomic mass is 10.3. The Balaban J connectivity index is 2.95. The molecule has 102 valence electrons. The number of phosphoric ester groups is 1. The normalized spacial score (nSPS) is 14.3. The predicted octanol–water partition coefficient (Wildman–Crippen LogP) is 5.04. The number of hydrogen-bond acceptors (Lipinski definition) is 4. The molecule has 0 amide bonds. The molecule has 0 aliphatic heterocycles. The molecule has 0 saturated carbocycles. The highest BCUT2D eigenvalue weighted by atomic mass is 35.5. The van der Waals surface area contributed by atoms with E-state index in [4.69, 9.17) is 55.5 Å². The van der Waals surface area contributed by atoms with Gasteiger partial charge < -0.3 is 4.52 Å². The maximum Gasteiger partial charge on any atom is 0.529 e. The molecule has 0 aliphatic carbocycles. The Kier molecular flexibility index (Phi) is 6.56. The third kappa shape index (κ3) is 4.46. The SMILES string of the molecule is COP(=O)(OCCCl)Oc1cc(Cl)c(Cl)cc1Cl. The van der Waals surface area contributed by atoms with Crippen molar-refractivity contribution in [3.8, 4) is 5.75 Å². The van der Waals surface area contributed by atoms with Crippen LogP contribution in [-0.2, 0) is 13.6 Å². The summed E-state index contributed by atoms with van der Waals surface area (Å²) in [5.74, 6) is 0.192. The second-order valence-corrected chi connectivity index (χ2v) is 6.24. The van der Waals surface area contributed by atoms with Gasteiger partial charge in [0.15, 0.2) is 5.75 Å². The minimum absolute atomic E-state index is 0.00557. The van der Waals surface area contributed by atoms with Gasteiger partial charge in [-0.25, -0.2) is 4.57 Å². The average molecular weight is 354 g/mol. The Bertz CT molecular complexity index is 468. The predicted molar refractivity (Wildman–Crippen MR) is 73.4 cm³/mol. The summed E-state index contributed by atoms with van der Waals surface area (Å²) in [6.07, 6.45) is 0. The van der Waals surface area contributed by atoms with Gasteiger partial charge in [0.2, 0.25) is 0 Å². The summed E-state index contributed by atoms with van der Waals surface area (Å²) in [5, 5.41) is 0.593. The summed E-state index contributed by atoms with van der Waals surface area (Å²) in [5.41, 5.74) is 0. The van der Waals surface area contributed by atoms with Crippen molar-refractivity contribution in [3.05, 3.63) is 27.2 Å². The van der Waals surface area contributed by atoms with Gasteiger partial charge in [0.05, 0.1) is 21.7 Å². The fraction of sp³-hybridized carbons (Fsp3) is 0.333. The molecule has 0 fully saturated rings. The van der Waals surface area contributed by atoms with E-state index in [1.165, 1.54) is 19.2 Å². The number of alkyl halides is 1. The third-order valence-corrected chi connectivity index (χ3v) is 4.27. The third-order valence-electron chi connectivity index (χ3n) is 1.74. The highest BCUT2D eigenvalue weighted by molar-refractivity contribution is 7.48. The van der Waals surface area contributed by atoms with Crippen LogP contribution in [0.15, 0.2) is 12.1 Å². The van der Waals surface area contributed by atoms with E-state index in [0.29, 0.717) is 0 Å². The molecule has 1 aromatic carbocycles. The van der Waals surface area contributed by atoms with Crippen LogP contribution in [0.2, 0.25) is 15.1 Å². The summed E-state index contributed by atoms with van der Waals surface area (Å²) < 4.78 is 26.7. The van der Waals surface area contributed by atoms with E-state index in [2.05, 4.69) is 4.52 Å². The van der Waals surface area contributed by atoms with Crippen molar-refractivity contribution in [3.63, 3.8) is 0 Å². The molecule has 4 nitrogen and oxygen atoms in total. The van der Waals surface area contributed by atoms with E-state index < -0.39 is 7.82 Å². The van der Waals surface area contributed by atoms with Crippen LogP contribution >= 0.6 is 54.2 Å². The van der Waals surface area contributed by atoms with E-state index in [1.54, 1.807) is 0 Å². The Morgan fingerprint density at radius 1 is 1.17 bits per heavy atom. The van der Waals surface area contributed by atoms with Crippen molar-refractivity contribution < 1.29 is 18.1 Å². The van der Waals surface area contributed by atoms with E-state index >= 15 is 0 Å².